The molecule has 0 aromatic rings. The molecule has 1 aliphatic carbocycles. The smallest absolute Gasteiger partial charge is 0.417 e. The Bertz CT molecular complexity index is 199. The largest absolute Gasteiger partial charge is 0.450 e. The van der Waals surface area contributed by atoms with Crippen molar-refractivity contribution < 1.29 is 19.1 Å². The monoisotopic (exact) mass is 170 g/mol. The van der Waals surface area contributed by atoms with E-state index in [4.69, 9.17) is 9.47 Å². The Morgan fingerprint density at radius 1 is 0.917 bits per heavy atom. The van der Waals surface area contributed by atoms with Gasteiger partial charge in [0.1, 0.15) is 12.2 Å². The summed E-state index contributed by atoms with van der Waals surface area (Å²) < 4.78 is 9.78. The van der Waals surface area contributed by atoms with Gasteiger partial charge >= 0.3 is 11.9 Å². The zero-order valence-electron chi connectivity index (χ0n) is 6.62. The first-order valence-corrected chi connectivity index (χ1v) is 4.19. The minimum Gasteiger partial charge on any atom is -0.450 e. The molecule has 2 rings (SSSR count). The predicted octanol–water partition coefficient (Wildman–Crippen LogP) is 0.398. The molecule has 0 bridgehead atoms. The van der Waals surface area contributed by atoms with Crippen molar-refractivity contribution in [1.29, 1.82) is 0 Å². The highest BCUT2D eigenvalue weighted by molar-refractivity contribution is 6.30. The molecule has 12 heavy (non-hydrogen) atoms. The Labute approximate surface area is 69.8 Å². The maximum Gasteiger partial charge on any atom is 0.417 e. The molecule has 0 radical (unpaired) electrons. The lowest BCUT2D eigenvalue weighted by atomic mass is 9.94. The molecule has 1 saturated heterocycles. The van der Waals surface area contributed by atoms with Gasteiger partial charge in [0, 0.05) is 0 Å². The summed E-state index contributed by atoms with van der Waals surface area (Å²) in [4.78, 5) is 21.5. The van der Waals surface area contributed by atoms with Gasteiger partial charge < -0.3 is 9.47 Å². The van der Waals surface area contributed by atoms with Gasteiger partial charge in [0.2, 0.25) is 0 Å². The van der Waals surface area contributed by atoms with Crippen LogP contribution in [0.3, 0.4) is 0 Å². The summed E-state index contributed by atoms with van der Waals surface area (Å²) in [6.07, 6.45) is 3.39. The molecule has 4 heteroatoms. The third-order valence-electron chi connectivity index (χ3n) is 2.33. The second-order valence-electron chi connectivity index (χ2n) is 3.17. The highest BCUT2D eigenvalue weighted by atomic mass is 16.6. The van der Waals surface area contributed by atoms with Gasteiger partial charge in [-0.1, -0.05) is 0 Å². The van der Waals surface area contributed by atoms with Crippen molar-refractivity contribution in [2.45, 2.75) is 37.9 Å². The second kappa shape index (κ2) is 2.77. The number of ether oxygens (including phenoxy) is 2. The van der Waals surface area contributed by atoms with Crippen LogP contribution in [0.5, 0.6) is 0 Å². The van der Waals surface area contributed by atoms with Crippen LogP contribution in [0.15, 0.2) is 0 Å². The number of rotatable bonds is 0. The molecule has 0 amide bonds. The molecule has 66 valence electrons. The summed E-state index contributed by atoms with van der Waals surface area (Å²) in [5.74, 6) is -1.67. The fourth-order valence-corrected chi connectivity index (χ4v) is 1.70. The fraction of sp³-hybridized carbons (Fsp3) is 0.750. The third kappa shape index (κ3) is 1.17. The first-order valence-electron chi connectivity index (χ1n) is 4.19. The van der Waals surface area contributed by atoms with Crippen LogP contribution in [0.2, 0.25) is 0 Å². The lowest BCUT2D eigenvalue weighted by Gasteiger charge is -2.33. The van der Waals surface area contributed by atoms with Crippen molar-refractivity contribution >= 4 is 11.9 Å². The molecule has 2 fully saturated rings. The zero-order valence-corrected chi connectivity index (χ0v) is 6.62. The molecule has 1 saturated carbocycles. The van der Waals surface area contributed by atoms with Crippen LogP contribution in [-0.2, 0) is 19.1 Å². The van der Waals surface area contributed by atoms with Gasteiger partial charge in [0.25, 0.3) is 0 Å². The average Bonchev–Trinajstić information content (AvgIpc) is 2.07. The topological polar surface area (TPSA) is 52.6 Å². The Morgan fingerprint density at radius 2 is 1.33 bits per heavy atom. The predicted molar refractivity (Wildman–Crippen MR) is 38.2 cm³/mol. The number of hydrogen-bond donors (Lipinski definition) is 0. The molecular formula is C8H10O4. The molecule has 1 heterocycles. The molecule has 0 aromatic heterocycles. The first-order chi connectivity index (χ1) is 5.77. The molecule has 4 nitrogen and oxygen atoms in total. The summed E-state index contributed by atoms with van der Waals surface area (Å²) >= 11 is 0. The Balaban J connectivity index is 2.07. The number of fused-ring (bicyclic) bond motifs is 1. The van der Waals surface area contributed by atoms with E-state index in [1.807, 2.05) is 0 Å². The van der Waals surface area contributed by atoms with Crippen LogP contribution in [-0.4, -0.2) is 24.1 Å². The van der Waals surface area contributed by atoms with Gasteiger partial charge in [-0.3, -0.25) is 0 Å². The van der Waals surface area contributed by atoms with Crippen LogP contribution in [0.1, 0.15) is 25.7 Å². The van der Waals surface area contributed by atoms with E-state index < -0.39 is 11.9 Å². The van der Waals surface area contributed by atoms with Crippen molar-refractivity contribution in [3.63, 3.8) is 0 Å². The van der Waals surface area contributed by atoms with Gasteiger partial charge in [-0.2, -0.15) is 0 Å². The van der Waals surface area contributed by atoms with Crippen LogP contribution in [0, 0.1) is 0 Å². The second-order valence-corrected chi connectivity index (χ2v) is 3.17. The van der Waals surface area contributed by atoms with Gasteiger partial charge in [-0.25, -0.2) is 9.59 Å². The first kappa shape index (κ1) is 7.58. The van der Waals surface area contributed by atoms with Gasteiger partial charge in [0.15, 0.2) is 0 Å². The molecule has 0 spiro atoms. The minimum absolute atomic E-state index is 0.177. The summed E-state index contributed by atoms with van der Waals surface area (Å²) in [5, 5.41) is 0. The van der Waals surface area contributed by atoms with E-state index in [9.17, 15) is 9.59 Å². The van der Waals surface area contributed by atoms with E-state index in [0.29, 0.717) is 0 Å². The Morgan fingerprint density at radius 3 is 1.75 bits per heavy atom. The molecule has 0 N–H and O–H groups in total. The van der Waals surface area contributed by atoms with Crippen LogP contribution < -0.4 is 0 Å². The SMILES string of the molecule is O=C1OC2CCCCC2OC1=O. The van der Waals surface area contributed by atoms with E-state index in [1.54, 1.807) is 0 Å². The number of hydrogen-bond acceptors (Lipinski definition) is 4. The van der Waals surface area contributed by atoms with Crippen LogP contribution in [0.4, 0.5) is 0 Å². The van der Waals surface area contributed by atoms with E-state index in [-0.39, 0.29) is 12.2 Å². The van der Waals surface area contributed by atoms with Crippen molar-refractivity contribution in [2.24, 2.45) is 0 Å². The lowest BCUT2D eigenvalue weighted by molar-refractivity contribution is -0.198. The van der Waals surface area contributed by atoms with Crippen molar-refractivity contribution in [3.8, 4) is 0 Å². The molecule has 2 unspecified atom stereocenters. The standard InChI is InChI=1S/C8H10O4/c9-7-8(10)12-6-4-2-1-3-5(6)11-7/h5-6H,1-4H2. The zero-order chi connectivity index (χ0) is 8.55. The number of carbonyl (C=O) groups is 2. The maximum absolute atomic E-state index is 10.8. The van der Waals surface area contributed by atoms with E-state index in [2.05, 4.69) is 0 Å². The van der Waals surface area contributed by atoms with Gasteiger partial charge in [-0.15, -0.1) is 0 Å². The van der Waals surface area contributed by atoms with Crippen molar-refractivity contribution in [2.75, 3.05) is 0 Å². The molecule has 0 aromatic carbocycles. The molecule has 2 aliphatic rings. The van der Waals surface area contributed by atoms with Crippen LogP contribution in [0.25, 0.3) is 0 Å². The highest BCUT2D eigenvalue weighted by Gasteiger charge is 2.39. The minimum atomic E-state index is -0.835. The Hall–Kier alpha value is -1.06. The summed E-state index contributed by atoms with van der Waals surface area (Å²) in [6.45, 7) is 0. The van der Waals surface area contributed by atoms with E-state index in [1.165, 1.54) is 0 Å². The van der Waals surface area contributed by atoms with E-state index in [0.717, 1.165) is 25.7 Å². The molecule has 2 atom stereocenters. The molecular weight excluding hydrogens is 160 g/mol. The maximum atomic E-state index is 10.8. The van der Waals surface area contributed by atoms with E-state index >= 15 is 0 Å². The Kier molecular flexibility index (Phi) is 1.75. The number of esters is 2. The highest BCUT2D eigenvalue weighted by Crippen LogP contribution is 2.26. The van der Waals surface area contributed by atoms with Crippen LogP contribution >= 0.6 is 0 Å². The normalized spacial score (nSPS) is 35.0. The van der Waals surface area contributed by atoms with Gasteiger partial charge in [0.05, 0.1) is 0 Å². The quantitative estimate of drug-likeness (QED) is 0.390. The summed E-state index contributed by atoms with van der Waals surface area (Å²) in [5.41, 5.74) is 0. The lowest BCUT2D eigenvalue weighted by Crippen LogP contribution is -2.45. The van der Waals surface area contributed by atoms with Gasteiger partial charge in [-0.05, 0) is 25.7 Å². The van der Waals surface area contributed by atoms with Crippen molar-refractivity contribution in [3.05, 3.63) is 0 Å². The summed E-state index contributed by atoms with van der Waals surface area (Å²) in [6, 6.07) is 0. The van der Waals surface area contributed by atoms with Crippen molar-refractivity contribution in [1.82, 2.24) is 0 Å². The average molecular weight is 170 g/mol. The fourth-order valence-electron chi connectivity index (χ4n) is 1.70. The summed E-state index contributed by atoms with van der Waals surface area (Å²) in [7, 11) is 0. The number of carbonyl (C=O) groups excluding carboxylic acids is 2. The third-order valence-corrected chi connectivity index (χ3v) is 2.33. The molecule has 1 aliphatic heterocycles.